The zero-order chi connectivity index (χ0) is 12.3. The van der Waals surface area contributed by atoms with E-state index >= 15 is 0 Å². The molecule has 2 amide bonds. The van der Waals surface area contributed by atoms with Gasteiger partial charge in [0.05, 0.1) is 0 Å². The van der Waals surface area contributed by atoms with Crippen LogP contribution >= 0.6 is 0 Å². The summed E-state index contributed by atoms with van der Waals surface area (Å²) in [5.74, 6) is 0.713. The van der Waals surface area contributed by atoms with Gasteiger partial charge >= 0.3 is 6.03 Å². The number of nitrogens with zero attached hydrogens (tertiary/aromatic N) is 1. The number of nitrogens with one attached hydrogen (secondary N) is 1. The second-order valence-corrected chi connectivity index (χ2v) is 4.66. The van der Waals surface area contributed by atoms with E-state index in [1.807, 2.05) is 31.3 Å². The van der Waals surface area contributed by atoms with Gasteiger partial charge in [0, 0.05) is 25.8 Å². The highest BCUT2D eigenvalue weighted by Crippen LogP contribution is 2.29. The summed E-state index contributed by atoms with van der Waals surface area (Å²) in [6.07, 6.45) is 2.51. The van der Waals surface area contributed by atoms with Crippen molar-refractivity contribution in [3.63, 3.8) is 0 Å². The fraction of sp³-hybridized carbons (Fsp3) is 0.462. The zero-order valence-corrected chi connectivity index (χ0v) is 10.1. The van der Waals surface area contributed by atoms with E-state index in [1.54, 1.807) is 4.90 Å². The van der Waals surface area contributed by atoms with Gasteiger partial charge in [-0.1, -0.05) is 12.1 Å². The van der Waals surface area contributed by atoms with Gasteiger partial charge in [0.15, 0.2) is 0 Å². The molecule has 1 saturated carbocycles. The van der Waals surface area contributed by atoms with Crippen LogP contribution in [0.15, 0.2) is 24.3 Å². The van der Waals surface area contributed by atoms with Crippen molar-refractivity contribution in [1.82, 2.24) is 4.90 Å². The molecule has 4 heteroatoms. The molecule has 1 aliphatic rings. The highest BCUT2D eigenvalue weighted by Gasteiger charge is 2.24. The third-order valence-corrected chi connectivity index (χ3v) is 3.02. The molecule has 0 bridgehead atoms. The van der Waals surface area contributed by atoms with Crippen molar-refractivity contribution < 1.29 is 4.79 Å². The summed E-state index contributed by atoms with van der Waals surface area (Å²) in [6.45, 7) is 1.38. The van der Waals surface area contributed by atoms with Crippen LogP contribution in [0.25, 0.3) is 0 Å². The summed E-state index contributed by atoms with van der Waals surface area (Å²) in [5, 5.41) is 2.87. The van der Waals surface area contributed by atoms with Gasteiger partial charge in [0.25, 0.3) is 0 Å². The normalized spacial score (nSPS) is 14.5. The summed E-state index contributed by atoms with van der Waals surface area (Å²) < 4.78 is 0. The molecule has 3 N–H and O–H groups in total. The summed E-state index contributed by atoms with van der Waals surface area (Å²) >= 11 is 0. The van der Waals surface area contributed by atoms with E-state index in [-0.39, 0.29) is 6.03 Å². The largest absolute Gasteiger partial charge is 0.327 e. The number of benzene rings is 1. The fourth-order valence-corrected chi connectivity index (χ4v) is 1.71. The molecule has 1 aromatic rings. The second kappa shape index (κ2) is 5.19. The van der Waals surface area contributed by atoms with Crippen LogP contribution in [-0.2, 0) is 6.54 Å². The Hall–Kier alpha value is -1.55. The van der Waals surface area contributed by atoms with Crippen LogP contribution in [0.4, 0.5) is 10.5 Å². The van der Waals surface area contributed by atoms with Crippen LogP contribution < -0.4 is 11.1 Å². The highest BCUT2D eigenvalue weighted by molar-refractivity contribution is 5.89. The Morgan fingerprint density at radius 3 is 2.59 bits per heavy atom. The molecule has 0 spiro atoms. The molecule has 0 saturated heterocycles. The first-order valence-electron chi connectivity index (χ1n) is 6.00. The third-order valence-electron chi connectivity index (χ3n) is 3.02. The third kappa shape index (κ3) is 3.46. The zero-order valence-electron chi connectivity index (χ0n) is 10.1. The molecule has 1 aliphatic carbocycles. The molecule has 0 unspecified atom stereocenters. The Labute approximate surface area is 102 Å². The number of hydrogen-bond donors (Lipinski definition) is 2. The van der Waals surface area contributed by atoms with Gasteiger partial charge in [-0.25, -0.2) is 4.79 Å². The molecular weight excluding hydrogens is 214 g/mol. The second-order valence-electron chi connectivity index (χ2n) is 4.66. The number of amides is 2. The van der Waals surface area contributed by atoms with E-state index in [4.69, 9.17) is 5.73 Å². The lowest BCUT2D eigenvalue weighted by molar-refractivity contribution is 0.220. The maximum absolute atomic E-state index is 11.8. The number of urea groups is 1. The van der Waals surface area contributed by atoms with Crippen LogP contribution in [0.3, 0.4) is 0 Å². The number of rotatable bonds is 4. The van der Waals surface area contributed by atoms with Crippen molar-refractivity contribution in [2.75, 3.05) is 18.9 Å². The van der Waals surface area contributed by atoms with Crippen LogP contribution in [-0.4, -0.2) is 24.5 Å². The highest BCUT2D eigenvalue weighted by atomic mass is 16.2. The predicted molar refractivity (Wildman–Crippen MR) is 68.7 cm³/mol. The quantitative estimate of drug-likeness (QED) is 0.836. The van der Waals surface area contributed by atoms with Crippen molar-refractivity contribution in [3.8, 4) is 0 Å². The average molecular weight is 233 g/mol. The number of anilines is 1. The molecule has 0 aromatic heterocycles. The van der Waals surface area contributed by atoms with Gasteiger partial charge in [0.1, 0.15) is 0 Å². The van der Waals surface area contributed by atoms with Crippen molar-refractivity contribution in [3.05, 3.63) is 29.8 Å². The van der Waals surface area contributed by atoms with Gasteiger partial charge in [0.2, 0.25) is 0 Å². The van der Waals surface area contributed by atoms with Gasteiger partial charge in [-0.2, -0.15) is 0 Å². The molecule has 0 heterocycles. The van der Waals surface area contributed by atoms with Crippen LogP contribution in [0, 0.1) is 5.92 Å². The maximum Gasteiger partial charge on any atom is 0.321 e. The molecular formula is C13H19N3O. The van der Waals surface area contributed by atoms with Crippen LogP contribution in [0.1, 0.15) is 18.4 Å². The minimum atomic E-state index is -0.0441. The summed E-state index contributed by atoms with van der Waals surface area (Å²) in [5.41, 5.74) is 7.39. The first-order valence-corrected chi connectivity index (χ1v) is 6.00. The number of nitrogens with two attached hydrogens (primary N) is 1. The maximum atomic E-state index is 11.8. The van der Waals surface area contributed by atoms with E-state index < -0.39 is 0 Å². The number of carbonyl (C=O) groups is 1. The van der Waals surface area contributed by atoms with Gasteiger partial charge in [-0.3, -0.25) is 0 Å². The Kier molecular flexibility index (Phi) is 3.64. The van der Waals surface area contributed by atoms with E-state index in [1.165, 1.54) is 12.8 Å². The Bertz CT molecular complexity index is 384. The molecule has 4 nitrogen and oxygen atoms in total. The van der Waals surface area contributed by atoms with E-state index in [0.29, 0.717) is 12.5 Å². The van der Waals surface area contributed by atoms with E-state index in [0.717, 1.165) is 17.8 Å². The monoisotopic (exact) mass is 233 g/mol. The van der Waals surface area contributed by atoms with Gasteiger partial charge in [-0.15, -0.1) is 0 Å². The summed E-state index contributed by atoms with van der Waals surface area (Å²) in [7, 11) is 1.84. The Balaban J connectivity index is 1.87. The van der Waals surface area contributed by atoms with Crippen molar-refractivity contribution in [1.29, 1.82) is 0 Å². The minimum Gasteiger partial charge on any atom is -0.327 e. The molecule has 92 valence electrons. The first kappa shape index (κ1) is 11.9. The summed E-state index contributed by atoms with van der Waals surface area (Å²) in [6, 6.07) is 7.57. The molecule has 17 heavy (non-hydrogen) atoms. The SMILES string of the molecule is CN(CC1CC1)C(=O)Nc1ccc(CN)cc1. The van der Waals surface area contributed by atoms with E-state index in [9.17, 15) is 4.79 Å². The topological polar surface area (TPSA) is 58.4 Å². The molecule has 2 rings (SSSR count). The van der Waals surface area contributed by atoms with Crippen LogP contribution in [0.5, 0.6) is 0 Å². The lowest BCUT2D eigenvalue weighted by atomic mass is 10.2. The molecule has 1 aromatic carbocycles. The lowest BCUT2D eigenvalue weighted by Crippen LogP contribution is -2.32. The minimum absolute atomic E-state index is 0.0441. The smallest absolute Gasteiger partial charge is 0.321 e. The predicted octanol–water partition coefficient (Wildman–Crippen LogP) is 2.02. The molecule has 0 aliphatic heterocycles. The van der Waals surface area contributed by atoms with Gasteiger partial charge in [-0.05, 0) is 36.5 Å². The van der Waals surface area contributed by atoms with Crippen LogP contribution in [0.2, 0.25) is 0 Å². The molecule has 0 atom stereocenters. The molecule has 0 radical (unpaired) electrons. The lowest BCUT2D eigenvalue weighted by Gasteiger charge is -2.17. The standard InChI is InChI=1S/C13H19N3O/c1-16(9-11-2-3-11)13(17)15-12-6-4-10(8-14)5-7-12/h4-7,11H,2-3,8-9,14H2,1H3,(H,15,17). The molecule has 1 fully saturated rings. The van der Waals surface area contributed by atoms with Crippen molar-refractivity contribution in [2.24, 2.45) is 11.7 Å². The van der Waals surface area contributed by atoms with Crippen molar-refractivity contribution >= 4 is 11.7 Å². The number of hydrogen-bond acceptors (Lipinski definition) is 2. The van der Waals surface area contributed by atoms with Crippen molar-refractivity contribution in [2.45, 2.75) is 19.4 Å². The average Bonchev–Trinajstić information content (AvgIpc) is 3.14. The fourth-order valence-electron chi connectivity index (χ4n) is 1.71. The van der Waals surface area contributed by atoms with Gasteiger partial charge < -0.3 is 16.0 Å². The number of carbonyl (C=O) groups excluding carboxylic acids is 1. The first-order chi connectivity index (χ1) is 8.19. The Morgan fingerprint density at radius 2 is 2.06 bits per heavy atom. The Morgan fingerprint density at radius 1 is 1.41 bits per heavy atom. The van der Waals surface area contributed by atoms with E-state index in [2.05, 4.69) is 5.32 Å². The summed E-state index contributed by atoms with van der Waals surface area (Å²) in [4.78, 5) is 13.6.